The molecule has 8 heteroatoms. The van der Waals surface area contributed by atoms with Crippen LogP contribution in [-0.2, 0) is 19.6 Å². The van der Waals surface area contributed by atoms with Gasteiger partial charge in [0.25, 0.3) is 0 Å². The number of carbonyl (C=O) groups is 2. The first-order valence-electron chi connectivity index (χ1n) is 7.99. The summed E-state index contributed by atoms with van der Waals surface area (Å²) in [6.45, 7) is 0.677. The van der Waals surface area contributed by atoms with E-state index in [9.17, 15) is 18.0 Å². The van der Waals surface area contributed by atoms with Gasteiger partial charge in [-0.1, -0.05) is 18.2 Å². The molecule has 132 valence electrons. The van der Waals surface area contributed by atoms with Crippen LogP contribution < -0.4 is 5.32 Å². The van der Waals surface area contributed by atoms with E-state index in [-0.39, 0.29) is 17.2 Å². The number of aliphatic carboxylic acids is 1. The normalized spacial score (nSPS) is 18.4. The molecule has 0 spiro atoms. The average molecular weight is 354 g/mol. The van der Waals surface area contributed by atoms with Crippen molar-refractivity contribution < 1.29 is 23.1 Å². The van der Waals surface area contributed by atoms with Gasteiger partial charge in [0.1, 0.15) is 6.04 Å². The topological polar surface area (TPSA) is 104 Å². The Labute approximate surface area is 141 Å². The second kappa shape index (κ2) is 8.25. The molecule has 1 atom stereocenters. The van der Waals surface area contributed by atoms with Crippen LogP contribution in [0, 0.1) is 0 Å². The molecule has 1 amide bonds. The third-order valence-corrected chi connectivity index (χ3v) is 5.90. The van der Waals surface area contributed by atoms with Gasteiger partial charge in [0.2, 0.25) is 15.9 Å². The third-order valence-electron chi connectivity index (χ3n) is 3.97. The van der Waals surface area contributed by atoms with Crippen molar-refractivity contribution in [1.82, 2.24) is 9.62 Å². The molecule has 1 unspecified atom stereocenters. The number of rotatable bonds is 8. The zero-order valence-corrected chi connectivity index (χ0v) is 14.2. The van der Waals surface area contributed by atoms with Gasteiger partial charge in [-0.05, 0) is 37.8 Å². The molecule has 0 aliphatic carbocycles. The fraction of sp³-hybridized carbons (Fsp3) is 0.500. The molecule has 1 saturated heterocycles. The first-order chi connectivity index (χ1) is 11.4. The van der Waals surface area contributed by atoms with E-state index in [2.05, 4.69) is 5.32 Å². The Kier molecular flexibility index (Phi) is 6.33. The smallest absolute Gasteiger partial charge is 0.303 e. The Balaban J connectivity index is 1.95. The van der Waals surface area contributed by atoms with Crippen LogP contribution in [0.15, 0.2) is 35.2 Å². The lowest BCUT2D eigenvalue weighted by atomic mass is 10.2. The zero-order chi connectivity index (χ0) is 17.6. The lowest BCUT2D eigenvalue weighted by Crippen LogP contribution is -2.46. The highest BCUT2D eigenvalue weighted by molar-refractivity contribution is 7.89. The number of sulfonamides is 1. The molecule has 0 saturated carbocycles. The minimum absolute atomic E-state index is 0.0633. The summed E-state index contributed by atoms with van der Waals surface area (Å²) in [6, 6.07) is 7.39. The van der Waals surface area contributed by atoms with Gasteiger partial charge in [0.05, 0.1) is 4.90 Å². The van der Waals surface area contributed by atoms with Crippen LogP contribution in [0.3, 0.4) is 0 Å². The first kappa shape index (κ1) is 18.4. The molecule has 0 bridgehead atoms. The van der Waals surface area contributed by atoms with Gasteiger partial charge in [-0.3, -0.25) is 9.59 Å². The molecule has 0 aromatic heterocycles. The highest BCUT2D eigenvalue weighted by Crippen LogP contribution is 2.26. The number of carbonyl (C=O) groups excluding carboxylic acids is 1. The third kappa shape index (κ3) is 4.55. The van der Waals surface area contributed by atoms with Crippen molar-refractivity contribution >= 4 is 21.9 Å². The number of hydrogen-bond acceptors (Lipinski definition) is 4. The summed E-state index contributed by atoms with van der Waals surface area (Å²) in [7, 11) is -3.68. The van der Waals surface area contributed by atoms with Crippen LogP contribution in [0.1, 0.15) is 32.1 Å². The summed E-state index contributed by atoms with van der Waals surface area (Å²) in [5.74, 6) is -1.18. The standard InChI is InChI=1S/C16H22N2O5S/c19-15(20)10-4-5-11-17-16(21)14-9-6-12-18(14)24(22,23)13-7-2-1-3-8-13/h1-3,7-8,14H,4-6,9-12H2,(H,17,21)(H,19,20). The Hall–Kier alpha value is -1.93. The summed E-state index contributed by atoms with van der Waals surface area (Å²) in [6.07, 6.45) is 2.23. The van der Waals surface area contributed by atoms with Gasteiger partial charge in [0.15, 0.2) is 0 Å². The summed E-state index contributed by atoms with van der Waals surface area (Å²) in [4.78, 5) is 22.9. The number of carboxylic acids is 1. The molecule has 1 heterocycles. The molecule has 2 N–H and O–H groups in total. The fourth-order valence-corrected chi connectivity index (χ4v) is 4.43. The highest BCUT2D eigenvalue weighted by atomic mass is 32.2. The lowest BCUT2D eigenvalue weighted by Gasteiger charge is -2.23. The monoisotopic (exact) mass is 354 g/mol. The van der Waals surface area contributed by atoms with Crippen molar-refractivity contribution in [2.75, 3.05) is 13.1 Å². The molecule has 1 aromatic carbocycles. The van der Waals surface area contributed by atoms with E-state index in [1.807, 2.05) is 0 Å². The van der Waals surface area contributed by atoms with Gasteiger partial charge < -0.3 is 10.4 Å². The van der Waals surface area contributed by atoms with E-state index >= 15 is 0 Å². The van der Waals surface area contributed by atoms with Gasteiger partial charge >= 0.3 is 5.97 Å². The lowest BCUT2D eigenvalue weighted by molar-refractivity contribution is -0.137. The van der Waals surface area contributed by atoms with Crippen LogP contribution >= 0.6 is 0 Å². The summed E-state index contributed by atoms with van der Waals surface area (Å²) >= 11 is 0. The number of benzene rings is 1. The SMILES string of the molecule is O=C(O)CCCCNC(=O)C1CCCN1S(=O)(=O)c1ccccc1. The van der Waals surface area contributed by atoms with E-state index in [1.165, 1.54) is 16.4 Å². The molecular weight excluding hydrogens is 332 g/mol. The number of nitrogens with one attached hydrogen (secondary N) is 1. The van der Waals surface area contributed by atoms with Crippen LogP contribution in [0.25, 0.3) is 0 Å². The van der Waals surface area contributed by atoms with E-state index in [4.69, 9.17) is 5.11 Å². The van der Waals surface area contributed by atoms with Gasteiger partial charge in [-0.25, -0.2) is 8.42 Å². The van der Waals surface area contributed by atoms with Crippen molar-refractivity contribution in [2.24, 2.45) is 0 Å². The molecular formula is C16H22N2O5S. The Morgan fingerprint density at radius 1 is 1.21 bits per heavy atom. The van der Waals surface area contributed by atoms with Crippen LogP contribution in [-0.4, -0.2) is 48.8 Å². The van der Waals surface area contributed by atoms with Gasteiger partial charge in [-0.15, -0.1) is 0 Å². The Bertz CT molecular complexity index is 675. The number of nitrogens with zero attached hydrogens (tertiary/aromatic N) is 1. The van der Waals surface area contributed by atoms with Crippen molar-refractivity contribution in [3.63, 3.8) is 0 Å². The maximum Gasteiger partial charge on any atom is 0.303 e. The molecule has 24 heavy (non-hydrogen) atoms. The Morgan fingerprint density at radius 2 is 1.92 bits per heavy atom. The molecule has 1 fully saturated rings. The van der Waals surface area contributed by atoms with Crippen LogP contribution in [0.5, 0.6) is 0 Å². The number of hydrogen-bond donors (Lipinski definition) is 2. The minimum Gasteiger partial charge on any atom is -0.481 e. The highest BCUT2D eigenvalue weighted by Gasteiger charge is 2.39. The molecule has 1 aromatic rings. The summed E-state index contributed by atoms with van der Waals surface area (Å²) in [5, 5.41) is 11.3. The molecule has 1 aliphatic heterocycles. The van der Waals surface area contributed by atoms with Gasteiger partial charge in [-0.2, -0.15) is 4.31 Å². The zero-order valence-electron chi connectivity index (χ0n) is 13.3. The van der Waals surface area contributed by atoms with Crippen LogP contribution in [0.4, 0.5) is 0 Å². The van der Waals surface area contributed by atoms with E-state index in [0.29, 0.717) is 38.8 Å². The minimum atomic E-state index is -3.68. The summed E-state index contributed by atoms with van der Waals surface area (Å²) in [5.41, 5.74) is 0. The molecule has 0 radical (unpaired) electrons. The van der Waals surface area contributed by atoms with Crippen LogP contribution in [0.2, 0.25) is 0 Å². The fourth-order valence-electron chi connectivity index (χ4n) is 2.75. The van der Waals surface area contributed by atoms with Crippen molar-refractivity contribution in [2.45, 2.75) is 43.0 Å². The number of amides is 1. The largest absolute Gasteiger partial charge is 0.481 e. The van der Waals surface area contributed by atoms with Crippen molar-refractivity contribution in [1.29, 1.82) is 0 Å². The average Bonchev–Trinajstić information content (AvgIpc) is 3.05. The second-order valence-electron chi connectivity index (χ2n) is 5.73. The molecule has 2 rings (SSSR count). The quantitative estimate of drug-likeness (QED) is 0.683. The maximum absolute atomic E-state index is 12.7. The van der Waals surface area contributed by atoms with E-state index in [1.54, 1.807) is 18.2 Å². The van der Waals surface area contributed by atoms with Crippen molar-refractivity contribution in [3.05, 3.63) is 30.3 Å². The van der Waals surface area contributed by atoms with Gasteiger partial charge in [0, 0.05) is 19.5 Å². The maximum atomic E-state index is 12.7. The predicted octanol–water partition coefficient (Wildman–Crippen LogP) is 1.21. The number of carboxylic acid groups (broad SMARTS) is 1. The molecule has 7 nitrogen and oxygen atoms in total. The molecule has 1 aliphatic rings. The van der Waals surface area contributed by atoms with E-state index in [0.717, 1.165) is 0 Å². The number of unbranched alkanes of at least 4 members (excludes halogenated alkanes) is 1. The van der Waals surface area contributed by atoms with E-state index < -0.39 is 22.0 Å². The second-order valence-corrected chi connectivity index (χ2v) is 7.62. The predicted molar refractivity (Wildman–Crippen MR) is 87.9 cm³/mol. The first-order valence-corrected chi connectivity index (χ1v) is 9.43. The summed E-state index contributed by atoms with van der Waals surface area (Å²) < 4.78 is 26.6. The van der Waals surface area contributed by atoms with Crippen molar-refractivity contribution in [3.8, 4) is 0 Å². The Morgan fingerprint density at radius 3 is 2.58 bits per heavy atom.